The molecular formula is C27H17Cl2NO5. The van der Waals surface area contributed by atoms with Crippen LogP contribution >= 0.6 is 23.2 Å². The molecule has 0 N–H and O–H groups in total. The number of ether oxygens (including phenoxy) is 1. The summed E-state index contributed by atoms with van der Waals surface area (Å²) in [5, 5.41) is 0.785. The Morgan fingerprint density at radius 1 is 0.829 bits per heavy atom. The van der Waals surface area contributed by atoms with E-state index in [1.165, 1.54) is 18.2 Å². The molecule has 0 unspecified atom stereocenters. The number of ketones is 2. The summed E-state index contributed by atoms with van der Waals surface area (Å²) in [5.74, 6) is -4.86. The number of hydrogen-bond donors (Lipinski definition) is 0. The summed E-state index contributed by atoms with van der Waals surface area (Å²) in [6.45, 7) is 1.81. The molecule has 3 aliphatic rings. The molecule has 6 rings (SSSR count). The van der Waals surface area contributed by atoms with E-state index < -0.39 is 46.9 Å². The van der Waals surface area contributed by atoms with Gasteiger partial charge in [-0.3, -0.25) is 19.2 Å². The third-order valence-corrected chi connectivity index (χ3v) is 7.75. The van der Waals surface area contributed by atoms with E-state index in [9.17, 15) is 19.2 Å². The first-order chi connectivity index (χ1) is 16.8. The zero-order chi connectivity index (χ0) is 24.6. The molecule has 3 aromatic carbocycles. The Balaban J connectivity index is 1.55. The van der Waals surface area contributed by atoms with Gasteiger partial charge in [0.15, 0.2) is 0 Å². The first kappa shape index (κ1) is 22.2. The fraction of sp³-hybridized carbons (Fsp3) is 0.185. The Kier molecular flexibility index (Phi) is 4.81. The summed E-state index contributed by atoms with van der Waals surface area (Å²) >= 11 is 12.5. The Labute approximate surface area is 210 Å². The highest BCUT2D eigenvalue weighted by Crippen LogP contribution is 2.57. The minimum absolute atomic E-state index is 0.181. The highest BCUT2D eigenvalue weighted by molar-refractivity contribution is 6.37. The van der Waals surface area contributed by atoms with Crippen molar-refractivity contribution >= 4 is 52.3 Å². The van der Waals surface area contributed by atoms with Crippen molar-refractivity contribution in [3.05, 3.63) is 99.0 Å². The molecule has 2 heterocycles. The number of aryl methyl sites for hydroxylation is 1. The lowest BCUT2D eigenvalue weighted by molar-refractivity contribution is -0.127. The summed E-state index contributed by atoms with van der Waals surface area (Å²) in [7, 11) is 0. The van der Waals surface area contributed by atoms with Crippen LogP contribution in [0, 0.1) is 18.8 Å². The van der Waals surface area contributed by atoms with Crippen molar-refractivity contribution in [3.8, 4) is 0 Å². The topological polar surface area (TPSA) is 80.8 Å². The van der Waals surface area contributed by atoms with E-state index in [1.807, 2.05) is 0 Å². The molecule has 2 aliphatic heterocycles. The minimum atomic E-state index is -2.13. The Bertz CT molecular complexity index is 1450. The van der Waals surface area contributed by atoms with Crippen LogP contribution in [0.4, 0.5) is 5.69 Å². The average Bonchev–Trinajstić information content (AvgIpc) is 3.41. The smallest absolute Gasteiger partial charge is 0.241 e. The molecule has 174 valence electrons. The fourth-order valence-electron chi connectivity index (χ4n) is 5.48. The maximum atomic E-state index is 13.9. The average molecular weight is 506 g/mol. The molecule has 2 amide bonds. The molecule has 0 bridgehead atoms. The second-order valence-corrected chi connectivity index (χ2v) is 9.83. The van der Waals surface area contributed by atoms with Gasteiger partial charge in [-0.1, -0.05) is 65.7 Å². The van der Waals surface area contributed by atoms with E-state index in [0.29, 0.717) is 15.6 Å². The number of carbonyl (C=O) groups excluding carboxylic acids is 4. The summed E-state index contributed by atoms with van der Waals surface area (Å²) in [5.41, 5.74) is -0.202. The monoisotopic (exact) mass is 505 g/mol. The standard InChI is InChI=1S/C27H17Cl2NO5/c1-13-9-10-16(12-19(13)29)30-25(33)20-21(26(30)34)27(35-22(20)14-5-4-6-15(28)11-14)23(31)17-7-2-3-8-18(17)24(27)32/h2-12,20-22H,1H3/t20-,21-,22-/m0/s1. The van der Waals surface area contributed by atoms with Crippen molar-refractivity contribution in [3.63, 3.8) is 0 Å². The van der Waals surface area contributed by atoms with Crippen LogP contribution < -0.4 is 4.90 Å². The van der Waals surface area contributed by atoms with E-state index in [4.69, 9.17) is 27.9 Å². The second kappa shape index (κ2) is 7.59. The van der Waals surface area contributed by atoms with Crippen LogP contribution in [0.2, 0.25) is 10.0 Å². The van der Waals surface area contributed by atoms with E-state index >= 15 is 0 Å². The number of benzene rings is 3. The Morgan fingerprint density at radius 2 is 1.51 bits per heavy atom. The largest absolute Gasteiger partial charge is 0.349 e. The van der Waals surface area contributed by atoms with Gasteiger partial charge in [0.05, 0.1) is 23.6 Å². The molecule has 0 aromatic heterocycles. The van der Waals surface area contributed by atoms with Crippen LogP contribution in [0.1, 0.15) is 37.9 Å². The van der Waals surface area contributed by atoms with E-state index in [2.05, 4.69) is 0 Å². The van der Waals surface area contributed by atoms with Gasteiger partial charge in [-0.2, -0.15) is 0 Å². The van der Waals surface area contributed by atoms with E-state index in [1.54, 1.807) is 55.5 Å². The van der Waals surface area contributed by atoms with Gasteiger partial charge in [-0.25, -0.2) is 4.90 Å². The third kappa shape index (κ3) is 2.88. The van der Waals surface area contributed by atoms with Crippen LogP contribution in [0.5, 0.6) is 0 Å². The molecule has 0 radical (unpaired) electrons. The molecule has 8 heteroatoms. The van der Waals surface area contributed by atoms with Gasteiger partial charge in [0.1, 0.15) is 0 Å². The quantitative estimate of drug-likeness (QED) is 0.361. The molecule has 2 fully saturated rings. The number of amides is 2. The molecule has 1 aliphatic carbocycles. The number of rotatable bonds is 2. The number of anilines is 1. The van der Waals surface area contributed by atoms with Gasteiger partial charge < -0.3 is 4.74 Å². The number of halogens is 2. The van der Waals surface area contributed by atoms with E-state index in [-0.39, 0.29) is 16.8 Å². The summed E-state index contributed by atoms with van der Waals surface area (Å²) in [6.07, 6.45) is -1.02. The lowest BCUT2D eigenvalue weighted by Crippen LogP contribution is -2.51. The van der Waals surface area contributed by atoms with Gasteiger partial charge >= 0.3 is 0 Å². The molecular weight excluding hydrogens is 489 g/mol. The van der Waals surface area contributed by atoms with Gasteiger partial charge in [0.25, 0.3) is 0 Å². The maximum absolute atomic E-state index is 13.9. The molecule has 2 saturated heterocycles. The van der Waals surface area contributed by atoms with Crippen LogP contribution in [0.25, 0.3) is 0 Å². The van der Waals surface area contributed by atoms with Crippen molar-refractivity contribution in [1.82, 2.24) is 0 Å². The van der Waals surface area contributed by atoms with Crippen LogP contribution in [-0.4, -0.2) is 29.0 Å². The molecule has 1 spiro atoms. The van der Waals surface area contributed by atoms with Gasteiger partial charge in [-0.15, -0.1) is 0 Å². The van der Waals surface area contributed by atoms with E-state index in [0.717, 1.165) is 10.5 Å². The first-order valence-corrected chi connectivity index (χ1v) is 11.8. The predicted molar refractivity (Wildman–Crippen MR) is 129 cm³/mol. The molecule has 6 nitrogen and oxygen atoms in total. The normalized spacial score (nSPS) is 24.4. The predicted octanol–water partition coefficient (Wildman–Crippen LogP) is 5.00. The molecule has 3 aromatic rings. The Hall–Kier alpha value is -3.32. The summed E-state index contributed by atoms with van der Waals surface area (Å²) in [6, 6.07) is 17.9. The number of carbonyl (C=O) groups is 4. The number of hydrogen-bond acceptors (Lipinski definition) is 5. The minimum Gasteiger partial charge on any atom is -0.349 e. The first-order valence-electron chi connectivity index (χ1n) is 11.0. The van der Waals surface area contributed by atoms with Crippen LogP contribution in [0.15, 0.2) is 66.7 Å². The van der Waals surface area contributed by atoms with Crippen LogP contribution in [-0.2, 0) is 14.3 Å². The lowest BCUT2D eigenvalue weighted by atomic mass is 9.77. The lowest BCUT2D eigenvalue weighted by Gasteiger charge is -2.27. The summed E-state index contributed by atoms with van der Waals surface area (Å²) < 4.78 is 6.24. The number of Topliss-reactive ketones (excluding diaryl/α,β-unsaturated/α-hetero) is 2. The Morgan fingerprint density at radius 3 is 2.14 bits per heavy atom. The molecule has 0 saturated carbocycles. The zero-order valence-electron chi connectivity index (χ0n) is 18.3. The number of nitrogens with zero attached hydrogens (tertiary/aromatic N) is 1. The third-order valence-electron chi connectivity index (χ3n) is 7.11. The molecule has 35 heavy (non-hydrogen) atoms. The fourth-order valence-corrected chi connectivity index (χ4v) is 5.85. The highest BCUT2D eigenvalue weighted by atomic mass is 35.5. The van der Waals surface area contributed by atoms with Gasteiger partial charge in [0, 0.05) is 21.2 Å². The van der Waals surface area contributed by atoms with Crippen molar-refractivity contribution in [1.29, 1.82) is 0 Å². The maximum Gasteiger partial charge on any atom is 0.241 e. The SMILES string of the molecule is Cc1ccc(N2C(=O)[C@H]3[C@@H](C2=O)C2(O[C@H]3c3cccc(Cl)c3)C(=O)c3ccccc3C2=O)cc1Cl. The number of fused-ring (bicyclic) bond motifs is 3. The second-order valence-electron chi connectivity index (χ2n) is 8.98. The van der Waals surface area contributed by atoms with Crippen molar-refractivity contribution in [2.75, 3.05) is 4.90 Å². The summed E-state index contributed by atoms with van der Waals surface area (Å²) in [4.78, 5) is 56.2. The number of imide groups is 1. The zero-order valence-corrected chi connectivity index (χ0v) is 19.8. The van der Waals surface area contributed by atoms with Gasteiger partial charge in [-0.05, 0) is 42.3 Å². The van der Waals surface area contributed by atoms with Crippen molar-refractivity contribution in [2.24, 2.45) is 11.8 Å². The highest BCUT2D eigenvalue weighted by Gasteiger charge is 2.74. The van der Waals surface area contributed by atoms with Crippen LogP contribution in [0.3, 0.4) is 0 Å². The van der Waals surface area contributed by atoms with Gasteiger partial charge in [0.2, 0.25) is 29.0 Å². The molecule has 3 atom stereocenters. The van der Waals surface area contributed by atoms with Crippen molar-refractivity contribution in [2.45, 2.75) is 18.6 Å². The van der Waals surface area contributed by atoms with Crippen molar-refractivity contribution < 1.29 is 23.9 Å².